The van der Waals surface area contributed by atoms with Gasteiger partial charge in [0.1, 0.15) is 5.82 Å². The predicted octanol–water partition coefficient (Wildman–Crippen LogP) is 1.14. The summed E-state index contributed by atoms with van der Waals surface area (Å²) in [6.45, 7) is 0.122. The van der Waals surface area contributed by atoms with E-state index >= 15 is 0 Å². The van der Waals surface area contributed by atoms with Crippen molar-refractivity contribution in [3.8, 4) is 0 Å². The number of hydrogen-bond acceptors (Lipinski definition) is 3. The average Bonchev–Trinajstić information content (AvgIpc) is 2.78. The third-order valence-electron chi connectivity index (χ3n) is 2.63. The number of pyridine rings is 1. The summed E-state index contributed by atoms with van der Waals surface area (Å²) in [5.41, 5.74) is 0. The molecule has 5 nitrogen and oxygen atoms in total. The monoisotopic (exact) mass is 233 g/mol. The Bertz CT molecular complexity index is 405. The number of carbonyl (C=O) groups excluding carboxylic acids is 1. The summed E-state index contributed by atoms with van der Waals surface area (Å²) >= 11 is 0. The van der Waals surface area contributed by atoms with Gasteiger partial charge in [0.2, 0.25) is 0 Å². The third-order valence-corrected chi connectivity index (χ3v) is 2.63. The predicted molar refractivity (Wildman–Crippen MR) is 64.5 cm³/mol. The average molecular weight is 233 g/mol. The van der Waals surface area contributed by atoms with Crippen molar-refractivity contribution in [2.24, 2.45) is 5.92 Å². The van der Waals surface area contributed by atoms with Crippen LogP contribution in [0.3, 0.4) is 0 Å². The Morgan fingerprint density at radius 2 is 2.35 bits per heavy atom. The van der Waals surface area contributed by atoms with E-state index in [1.165, 1.54) is 0 Å². The van der Waals surface area contributed by atoms with Crippen LogP contribution in [0, 0.1) is 5.92 Å². The summed E-state index contributed by atoms with van der Waals surface area (Å²) in [7, 11) is 0. The SMILES string of the molecule is O=C(Nc1ccccn1)N[C@@H]1C=C[C@H](CO)C1. The van der Waals surface area contributed by atoms with Crippen LogP contribution in [0.2, 0.25) is 0 Å². The van der Waals surface area contributed by atoms with Gasteiger partial charge in [-0.05, 0) is 18.6 Å². The lowest BCUT2D eigenvalue weighted by molar-refractivity contribution is 0.238. The van der Waals surface area contributed by atoms with Crippen molar-refractivity contribution < 1.29 is 9.90 Å². The van der Waals surface area contributed by atoms with Crippen LogP contribution in [0.5, 0.6) is 0 Å². The first-order chi connectivity index (χ1) is 8.28. The lowest BCUT2D eigenvalue weighted by Crippen LogP contribution is -2.36. The maximum absolute atomic E-state index is 11.6. The smallest absolute Gasteiger partial charge is 0.320 e. The second-order valence-corrected chi connectivity index (χ2v) is 3.98. The molecule has 0 saturated heterocycles. The van der Waals surface area contributed by atoms with Crippen LogP contribution in [0.25, 0.3) is 0 Å². The standard InChI is InChI=1S/C12H15N3O2/c16-8-9-4-5-10(7-9)14-12(17)15-11-3-1-2-6-13-11/h1-6,9-10,16H,7-8H2,(H2,13,14,15,17)/t9-,10+/m0/s1. The van der Waals surface area contributed by atoms with Gasteiger partial charge in [-0.3, -0.25) is 5.32 Å². The Balaban J connectivity index is 1.81. The third kappa shape index (κ3) is 3.29. The Kier molecular flexibility index (Phi) is 3.72. The number of aliphatic hydroxyl groups excluding tert-OH is 1. The molecule has 0 aliphatic heterocycles. The summed E-state index contributed by atoms with van der Waals surface area (Å²) in [6, 6.07) is 5.02. The van der Waals surface area contributed by atoms with Crippen molar-refractivity contribution in [1.82, 2.24) is 10.3 Å². The van der Waals surface area contributed by atoms with Gasteiger partial charge in [0, 0.05) is 24.8 Å². The van der Waals surface area contributed by atoms with Crippen molar-refractivity contribution >= 4 is 11.8 Å². The largest absolute Gasteiger partial charge is 0.396 e. The van der Waals surface area contributed by atoms with Gasteiger partial charge in [0.15, 0.2) is 0 Å². The van der Waals surface area contributed by atoms with Gasteiger partial charge in [0.05, 0.1) is 0 Å². The number of anilines is 1. The minimum Gasteiger partial charge on any atom is -0.396 e. The maximum atomic E-state index is 11.6. The first-order valence-corrected chi connectivity index (χ1v) is 5.55. The van der Waals surface area contributed by atoms with Crippen molar-refractivity contribution in [2.45, 2.75) is 12.5 Å². The van der Waals surface area contributed by atoms with E-state index in [2.05, 4.69) is 15.6 Å². The van der Waals surface area contributed by atoms with Crippen LogP contribution >= 0.6 is 0 Å². The van der Waals surface area contributed by atoms with E-state index in [9.17, 15) is 4.79 Å². The molecule has 1 aliphatic rings. The Morgan fingerprint density at radius 3 is 3.00 bits per heavy atom. The van der Waals surface area contributed by atoms with Gasteiger partial charge in [-0.1, -0.05) is 18.2 Å². The van der Waals surface area contributed by atoms with Crippen LogP contribution in [-0.2, 0) is 0 Å². The summed E-state index contributed by atoms with van der Waals surface area (Å²) in [6.07, 6.45) is 6.18. The molecular weight excluding hydrogens is 218 g/mol. The highest BCUT2D eigenvalue weighted by atomic mass is 16.3. The highest BCUT2D eigenvalue weighted by Gasteiger charge is 2.19. The molecule has 1 aromatic heterocycles. The number of aliphatic hydroxyl groups is 1. The molecule has 0 spiro atoms. The molecule has 2 atom stereocenters. The Labute approximate surface area is 99.6 Å². The van der Waals surface area contributed by atoms with Crippen LogP contribution in [-0.4, -0.2) is 28.8 Å². The number of rotatable bonds is 3. The number of nitrogens with one attached hydrogen (secondary N) is 2. The minimum absolute atomic E-state index is 0.0177. The number of carbonyl (C=O) groups is 1. The van der Waals surface area contributed by atoms with Crippen molar-refractivity contribution in [3.63, 3.8) is 0 Å². The van der Waals surface area contributed by atoms with Crippen molar-refractivity contribution in [3.05, 3.63) is 36.5 Å². The van der Waals surface area contributed by atoms with Gasteiger partial charge in [0.25, 0.3) is 0 Å². The molecule has 2 rings (SSSR count). The van der Waals surface area contributed by atoms with Crippen molar-refractivity contribution in [2.75, 3.05) is 11.9 Å². The van der Waals surface area contributed by atoms with E-state index in [-0.39, 0.29) is 24.6 Å². The molecule has 1 aliphatic carbocycles. The molecule has 1 heterocycles. The van der Waals surface area contributed by atoms with Gasteiger partial charge in [-0.25, -0.2) is 9.78 Å². The zero-order valence-corrected chi connectivity index (χ0v) is 9.34. The second kappa shape index (κ2) is 5.45. The number of amides is 2. The van der Waals surface area contributed by atoms with E-state index in [4.69, 9.17) is 5.11 Å². The van der Waals surface area contributed by atoms with E-state index in [0.29, 0.717) is 5.82 Å². The van der Waals surface area contributed by atoms with Crippen LogP contribution < -0.4 is 10.6 Å². The Hall–Kier alpha value is -1.88. The topological polar surface area (TPSA) is 74.2 Å². The normalized spacial score (nSPS) is 22.4. The first-order valence-electron chi connectivity index (χ1n) is 5.55. The van der Waals surface area contributed by atoms with Crippen LogP contribution in [0.15, 0.2) is 36.5 Å². The first kappa shape index (κ1) is 11.6. The molecule has 1 aromatic rings. The van der Waals surface area contributed by atoms with E-state index in [0.717, 1.165) is 6.42 Å². The van der Waals surface area contributed by atoms with Gasteiger partial charge >= 0.3 is 6.03 Å². The Morgan fingerprint density at radius 1 is 1.47 bits per heavy atom. The molecular formula is C12H15N3O2. The highest BCUT2D eigenvalue weighted by molar-refractivity contribution is 5.88. The van der Waals surface area contributed by atoms with Gasteiger partial charge < -0.3 is 10.4 Å². The fraction of sp³-hybridized carbons (Fsp3) is 0.333. The number of hydrogen-bond donors (Lipinski definition) is 3. The number of aromatic nitrogens is 1. The number of nitrogens with zero attached hydrogens (tertiary/aromatic N) is 1. The fourth-order valence-electron chi connectivity index (χ4n) is 1.77. The summed E-state index contributed by atoms with van der Waals surface area (Å²) < 4.78 is 0. The molecule has 17 heavy (non-hydrogen) atoms. The van der Waals surface area contributed by atoms with Gasteiger partial charge in [-0.15, -0.1) is 0 Å². The van der Waals surface area contributed by atoms with Gasteiger partial charge in [-0.2, -0.15) is 0 Å². The highest BCUT2D eigenvalue weighted by Crippen LogP contribution is 2.16. The molecule has 0 fully saturated rings. The van der Waals surface area contributed by atoms with E-state index in [1.807, 2.05) is 12.2 Å². The molecule has 5 heteroatoms. The fourth-order valence-corrected chi connectivity index (χ4v) is 1.77. The van der Waals surface area contributed by atoms with E-state index in [1.54, 1.807) is 24.4 Å². The zero-order valence-electron chi connectivity index (χ0n) is 9.34. The quantitative estimate of drug-likeness (QED) is 0.685. The van der Waals surface area contributed by atoms with Crippen LogP contribution in [0.4, 0.5) is 10.6 Å². The lowest BCUT2D eigenvalue weighted by Gasteiger charge is -2.13. The van der Waals surface area contributed by atoms with Crippen LogP contribution in [0.1, 0.15) is 6.42 Å². The summed E-state index contributed by atoms with van der Waals surface area (Å²) in [5, 5.41) is 14.4. The minimum atomic E-state index is -0.281. The molecule has 90 valence electrons. The molecule has 0 radical (unpaired) electrons. The van der Waals surface area contributed by atoms with E-state index < -0.39 is 0 Å². The molecule has 0 unspecified atom stereocenters. The lowest BCUT2D eigenvalue weighted by atomic mass is 10.1. The molecule has 3 N–H and O–H groups in total. The summed E-state index contributed by atoms with van der Waals surface area (Å²) in [4.78, 5) is 15.6. The summed E-state index contributed by atoms with van der Waals surface area (Å²) in [5.74, 6) is 0.667. The van der Waals surface area contributed by atoms with Crippen molar-refractivity contribution in [1.29, 1.82) is 0 Å². The number of urea groups is 1. The molecule has 2 amide bonds. The molecule has 0 aromatic carbocycles. The second-order valence-electron chi connectivity index (χ2n) is 3.98. The molecule has 0 bridgehead atoms. The zero-order chi connectivity index (χ0) is 12.1. The maximum Gasteiger partial charge on any atom is 0.320 e. The molecule has 0 saturated carbocycles.